The lowest BCUT2D eigenvalue weighted by atomic mass is 9.52. The van der Waals surface area contributed by atoms with E-state index < -0.39 is 0 Å². The minimum absolute atomic E-state index is 0.00115. The van der Waals surface area contributed by atoms with Crippen molar-refractivity contribution in [3.63, 3.8) is 0 Å². The molecule has 1 N–H and O–H groups in total. The first-order valence-electron chi connectivity index (χ1n) is 10.7. The van der Waals surface area contributed by atoms with E-state index in [0.717, 1.165) is 47.5 Å². The quantitative estimate of drug-likeness (QED) is 0.785. The summed E-state index contributed by atoms with van der Waals surface area (Å²) >= 11 is 0. The number of hydrogen-bond acceptors (Lipinski definition) is 2. The van der Waals surface area contributed by atoms with Gasteiger partial charge in [-0.25, -0.2) is 4.39 Å². The summed E-state index contributed by atoms with van der Waals surface area (Å²) in [6.07, 6.45) is 7.83. The molecule has 4 aliphatic rings. The Morgan fingerprint density at radius 3 is 2.29 bits per heavy atom. The van der Waals surface area contributed by atoms with Gasteiger partial charge >= 0.3 is 0 Å². The van der Waals surface area contributed by atoms with Crippen LogP contribution in [0.15, 0.2) is 24.3 Å². The highest BCUT2D eigenvalue weighted by Crippen LogP contribution is 2.57. The largest absolute Gasteiger partial charge is 0.331 e. The number of benzene rings is 1. The van der Waals surface area contributed by atoms with Crippen molar-refractivity contribution in [3.8, 4) is 6.07 Å². The summed E-state index contributed by atoms with van der Waals surface area (Å²) < 4.78 is 13.1. The molecule has 150 valence electrons. The molecule has 1 unspecified atom stereocenters. The number of quaternary nitrogens is 1. The lowest BCUT2D eigenvalue weighted by molar-refractivity contribution is -0.885. The van der Waals surface area contributed by atoms with Crippen molar-refractivity contribution in [2.75, 3.05) is 20.1 Å². The van der Waals surface area contributed by atoms with Gasteiger partial charge in [0.2, 0.25) is 0 Å². The van der Waals surface area contributed by atoms with E-state index >= 15 is 0 Å². The minimum atomic E-state index is -0.234. The molecule has 0 spiro atoms. The first-order chi connectivity index (χ1) is 13.5. The molecule has 4 fully saturated rings. The Labute approximate surface area is 167 Å². The Morgan fingerprint density at radius 1 is 1.18 bits per heavy atom. The number of rotatable bonds is 7. The second kappa shape index (κ2) is 7.83. The zero-order valence-corrected chi connectivity index (χ0v) is 16.8. The van der Waals surface area contributed by atoms with Crippen LogP contribution in [0, 0.1) is 34.9 Å². The van der Waals surface area contributed by atoms with Gasteiger partial charge in [-0.05, 0) is 68.4 Å². The average Bonchev–Trinajstić information content (AvgIpc) is 2.62. The number of likely N-dealkylation sites (N-methyl/N-ethyl adjacent to an activating group) is 1. The van der Waals surface area contributed by atoms with Crippen LogP contribution in [0.1, 0.15) is 50.5 Å². The van der Waals surface area contributed by atoms with E-state index in [0.29, 0.717) is 26.1 Å². The van der Waals surface area contributed by atoms with Crippen LogP contribution in [0.25, 0.3) is 0 Å². The fraction of sp³-hybridized carbons (Fsp3) is 0.652. The summed E-state index contributed by atoms with van der Waals surface area (Å²) in [6.45, 7) is 1.68. The van der Waals surface area contributed by atoms with Crippen LogP contribution < -0.4 is 4.90 Å². The van der Waals surface area contributed by atoms with Crippen molar-refractivity contribution in [3.05, 3.63) is 35.6 Å². The van der Waals surface area contributed by atoms with E-state index in [1.807, 2.05) is 7.05 Å². The van der Waals surface area contributed by atoms with Gasteiger partial charge in [0.25, 0.3) is 5.91 Å². The van der Waals surface area contributed by atoms with Crippen molar-refractivity contribution in [2.24, 2.45) is 17.8 Å². The van der Waals surface area contributed by atoms with Crippen molar-refractivity contribution >= 4 is 5.91 Å². The number of carbonyl (C=O) groups excluding carboxylic acids is 1. The Hall–Kier alpha value is -1.93. The molecule has 4 nitrogen and oxygen atoms in total. The predicted octanol–water partition coefficient (Wildman–Crippen LogP) is 2.55. The maximum Gasteiger partial charge on any atom is 0.278 e. The van der Waals surface area contributed by atoms with Gasteiger partial charge in [0, 0.05) is 17.6 Å². The van der Waals surface area contributed by atoms with Crippen LogP contribution >= 0.6 is 0 Å². The van der Waals surface area contributed by atoms with Crippen molar-refractivity contribution in [2.45, 2.75) is 57.0 Å². The Bertz CT molecular complexity index is 719. The maximum atomic E-state index is 13.4. The highest BCUT2D eigenvalue weighted by atomic mass is 19.1. The number of halogens is 1. The van der Waals surface area contributed by atoms with E-state index in [2.05, 4.69) is 11.0 Å². The van der Waals surface area contributed by atoms with Crippen molar-refractivity contribution in [1.29, 1.82) is 5.26 Å². The van der Waals surface area contributed by atoms with Gasteiger partial charge in [-0.3, -0.25) is 4.79 Å². The highest BCUT2D eigenvalue weighted by molar-refractivity contribution is 5.78. The van der Waals surface area contributed by atoms with Gasteiger partial charge in [-0.1, -0.05) is 12.1 Å². The normalized spacial score (nSPS) is 31.4. The second-order valence-electron chi connectivity index (χ2n) is 9.53. The fourth-order valence-electron chi connectivity index (χ4n) is 6.55. The van der Waals surface area contributed by atoms with Crippen LogP contribution in [-0.4, -0.2) is 36.5 Å². The highest BCUT2D eigenvalue weighted by Gasteiger charge is 2.54. The molecule has 0 aromatic heterocycles. The number of nitrogens with zero attached hydrogens (tertiary/aromatic N) is 2. The number of nitrogens with one attached hydrogen (secondary N) is 1. The van der Waals surface area contributed by atoms with E-state index in [1.165, 1.54) is 31.4 Å². The predicted molar refractivity (Wildman–Crippen MR) is 105 cm³/mol. The lowest BCUT2D eigenvalue weighted by Crippen LogP contribution is -3.09. The van der Waals surface area contributed by atoms with Crippen LogP contribution in [0.3, 0.4) is 0 Å². The van der Waals surface area contributed by atoms with E-state index in [9.17, 15) is 9.18 Å². The van der Waals surface area contributed by atoms with Gasteiger partial charge < -0.3 is 9.80 Å². The van der Waals surface area contributed by atoms with Crippen molar-refractivity contribution < 1.29 is 14.1 Å². The molecule has 0 saturated heterocycles. The van der Waals surface area contributed by atoms with Gasteiger partial charge in [-0.2, -0.15) is 5.26 Å². The number of nitriles is 1. The Kier molecular flexibility index (Phi) is 5.42. The van der Waals surface area contributed by atoms with Crippen LogP contribution in [0.2, 0.25) is 0 Å². The molecular weight excluding hydrogens is 353 g/mol. The van der Waals surface area contributed by atoms with Crippen LogP contribution in [0.4, 0.5) is 4.39 Å². The molecule has 1 amide bonds. The smallest absolute Gasteiger partial charge is 0.278 e. The molecule has 4 aliphatic carbocycles. The average molecular weight is 385 g/mol. The maximum absolute atomic E-state index is 13.4. The Morgan fingerprint density at radius 2 is 1.75 bits per heavy atom. The second-order valence-corrected chi connectivity index (χ2v) is 9.53. The first kappa shape index (κ1) is 19.4. The molecule has 5 heteroatoms. The SMILES string of the molecule is C[NH+](CC(=O)N(CCC#N)C12CC3CC(CC(C3)C1)C2)Cc1ccc(F)cc1. The van der Waals surface area contributed by atoms with Gasteiger partial charge in [-0.15, -0.1) is 0 Å². The summed E-state index contributed by atoms with van der Waals surface area (Å²) in [5.41, 5.74) is 1.03. The van der Waals surface area contributed by atoms with Crippen LogP contribution in [-0.2, 0) is 11.3 Å². The van der Waals surface area contributed by atoms with E-state index in [1.54, 1.807) is 12.1 Å². The molecule has 4 saturated carbocycles. The summed E-state index contributed by atoms with van der Waals surface area (Å²) in [7, 11) is 2.02. The summed E-state index contributed by atoms with van der Waals surface area (Å²) in [6, 6.07) is 8.77. The van der Waals surface area contributed by atoms with Gasteiger partial charge in [0.05, 0.1) is 19.5 Å². The molecule has 4 bridgehead atoms. The third kappa shape index (κ3) is 3.93. The lowest BCUT2D eigenvalue weighted by Gasteiger charge is -2.60. The standard InChI is InChI=1S/C23H30FN3O/c1-26(15-17-3-5-21(24)6-4-17)16-22(28)27(8-2-7-25)23-12-18-9-19(13-23)11-20(10-18)14-23/h3-6,18-20H,2,8-16H2,1H3/p+1. The number of hydrogen-bond donors (Lipinski definition) is 1. The van der Waals surface area contributed by atoms with Crippen LogP contribution in [0.5, 0.6) is 0 Å². The monoisotopic (exact) mass is 384 g/mol. The minimum Gasteiger partial charge on any atom is -0.331 e. The van der Waals surface area contributed by atoms with Gasteiger partial charge in [0.15, 0.2) is 6.54 Å². The fourth-order valence-corrected chi connectivity index (χ4v) is 6.55. The molecule has 5 rings (SSSR count). The number of amides is 1. The Balaban J connectivity index is 1.45. The molecule has 1 atom stereocenters. The summed E-state index contributed by atoms with van der Waals surface area (Å²) in [5, 5.41) is 9.15. The molecule has 28 heavy (non-hydrogen) atoms. The zero-order valence-electron chi connectivity index (χ0n) is 16.8. The van der Waals surface area contributed by atoms with E-state index in [-0.39, 0.29) is 17.3 Å². The molecule has 0 heterocycles. The zero-order chi connectivity index (χ0) is 19.7. The summed E-state index contributed by atoms with van der Waals surface area (Å²) in [5.74, 6) is 2.26. The van der Waals surface area contributed by atoms with Gasteiger partial charge in [0.1, 0.15) is 12.4 Å². The molecule has 0 radical (unpaired) electrons. The first-order valence-corrected chi connectivity index (χ1v) is 10.7. The molecule has 1 aromatic carbocycles. The molecular formula is C23H31FN3O+. The molecule has 1 aromatic rings. The third-order valence-electron chi connectivity index (χ3n) is 7.20. The summed E-state index contributed by atoms with van der Waals surface area (Å²) in [4.78, 5) is 16.6. The molecule has 0 aliphatic heterocycles. The third-order valence-corrected chi connectivity index (χ3v) is 7.20. The topological polar surface area (TPSA) is 48.5 Å². The van der Waals surface area contributed by atoms with Crippen molar-refractivity contribution in [1.82, 2.24) is 4.90 Å². The number of carbonyl (C=O) groups is 1. The van der Waals surface area contributed by atoms with E-state index in [4.69, 9.17) is 5.26 Å².